The van der Waals surface area contributed by atoms with Gasteiger partial charge in [0.25, 0.3) is 0 Å². The molecule has 1 aromatic heterocycles. The van der Waals surface area contributed by atoms with E-state index in [2.05, 4.69) is 25.9 Å². The number of benzene rings is 1. The van der Waals surface area contributed by atoms with Crippen molar-refractivity contribution in [3.05, 3.63) is 41.6 Å². The number of hydrogen-bond donors (Lipinski definition) is 4. The third-order valence-corrected chi connectivity index (χ3v) is 6.08. The van der Waals surface area contributed by atoms with Crippen LogP contribution < -0.4 is 16.0 Å². The average molecular weight is 435 g/mol. The summed E-state index contributed by atoms with van der Waals surface area (Å²) in [6.07, 6.45) is 2.32. The van der Waals surface area contributed by atoms with Gasteiger partial charge in [-0.1, -0.05) is 6.07 Å². The molecule has 0 atom stereocenters. The summed E-state index contributed by atoms with van der Waals surface area (Å²) >= 11 is 0. The quantitative estimate of drug-likeness (QED) is 0.557. The molecule has 0 bridgehead atoms. The lowest BCUT2D eigenvalue weighted by molar-refractivity contribution is -0.137. The first-order chi connectivity index (χ1) is 14.9. The third-order valence-electron chi connectivity index (χ3n) is 6.08. The van der Waals surface area contributed by atoms with Gasteiger partial charge in [-0.05, 0) is 75.7 Å². The van der Waals surface area contributed by atoms with Crippen molar-refractivity contribution >= 4 is 17.5 Å². The van der Waals surface area contributed by atoms with E-state index in [1.807, 2.05) is 0 Å². The maximum Gasteiger partial charge on any atom is 0.416 e. The van der Waals surface area contributed by atoms with Crippen LogP contribution in [0.25, 0.3) is 0 Å². The molecule has 4 rings (SSSR count). The predicted octanol–water partition coefficient (Wildman–Crippen LogP) is 4.42. The first kappa shape index (κ1) is 21.8. The molecule has 168 valence electrons. The summed E-state index contributed by atoms with van der Waals surface area (Å²) in [5.74, 6) is 1.33. The SMILES string of the molecule is OC1CCC(Nc2nc(Nc3cccc(C(F)(F)F)c3)ncc2C2CCNCC2)CC1. The fourth-order valence-electron chi connectivity index (χ4n) is 4.31. The number of halogens is 3. The molecule has 2 aliphatic rings. The molecule has 9 heteroatoms. The predicted molar refractivity (Wildman–Crippen MR) is 113 cm³/mol. The molecule has 4 N–H and O–H groups in total. The van der Waals surface area contributed by atoms with Crippen LogP contribution in [-0.4, -0.2) is 40.3 Å². The van der Waals surface area contributed by atoms with Gasteiger partial charge in [0, 0.05) is 23.5 Å². The molecule has 1 aliphatic carbocycles. The van der Waals surface area contributed by atoms with E-state index in [1.54, 1.807) is 12.3 Å². The Hall–Kier alpha value is -2.39. The molecule has 0 spiro atoms. The molecule has 6 nitrogen and oxygen atoms in total. The van der Waals surface area contributed by atoms with Gasteiger partial charge >= 0.3 is 6.18 Å². The highest BCUT2D eigenvalue weighted by Gasteiger charge is 2.30. The van der Waals surface area contributed by atoms with Crippen LogP contribution in [-0.2, 0) is 6.18 Å². The molecule has 0 amide bonds. The Balaban J connectivity index is 1.57. The molecule has 1 saturated heterocycles. The van der Waals surface area contributed by atoms with Crippen LogP contribution >= 0.6 is 0 Å². The van der Waals surface area contributed by atoms with Gasteiger partial charge in [0.15, 0.2) is 0 Å². The van der Waals surface area contributed by atoms with Gasteiger partial charge < -0.3 is 21.1 Å². The first-order valence-corrected chi connectivity index (χ1v) is 10.8. The lowest BCUT2D eigenvalue weighted by atomic mass is 9.90. The van der Waals surface area contributed by atoms with Crippen molar-refractivity contribution in [2.45, 2.75) is 62.8 Å². The largest absolute Gasteiger partial charge is 0.416 e. The number of nitrogens with one attached hydrogen (secondary N) is 3. The van der Waals surface area contributed by atoms with E-state index >= 15 is 0 Å². The van der Waals surface area contributed by atoms with Crippen LogP contribution in [0.4, 0.5) is 30.6 Å². The Morgan fingerprint density at radius 2 is 1.77 bits per heavy atom. The molecule has 2 heterocycles. The summed E-state index contributed by atoms with van der Waals surface area (Å²) in [4.78, 5) is 9.05. The number of nitrogens with zero attached hydrogens (tertiary/aromatic N) is 2. The standard InChI is InChI=1S/C22H28F3N5O/c23-22(24,25)15-2-1-3-17(12-15)29-21-27-13-19(14-8-10-26-11-9-14)20(30-21)28-16-4-6-18(31)7-5-16/h1-3,12-14,16,18,26,31H,4-11H2,(H2,27,28,29,30). The van der Waals surface area contributed by atoms with Gasteiger partial charge in [0.2, 0.25) is 5.95 Å². The minimum absolute atomic E-state index is 0.208. The van der Waals surface area contributed by atoms with E-state index in [4.69, 9.17) is 0 Å². The van der Waals surface area contributed by atoms with E-state index < -0.39 is 11.7 Å². The molecule has 0 radical (unpaired) electrons. The molecule has 2 fully saturated rings. The topological polar surface area (TPSA) is 82.1 Å². The van der Waals surface area contributed by atoms with Crippen molar-refractivity contribution in [2.24, 2.45) is 0 Å². The third kappa shape index (κ3) is 5.65. The molecular formula is C22H28F3N5O. The first-order valence-electron chi connectivity index (χ1n) is 10.8. The van der Waals surface area contributed by atoms with Gasteiger partial charge in [-0.25, -0.2) is 4.98 Å². The second-order valence-corrected chi connectivity index (χ2v) is 8.38. The van der Waals surface area contributed by atoms with E-state index in [0.29, 0.717) is 5.92 Å². The number of rotatable bonds is 5. The average Bonchev–Trinajstić information content (AvgIpc) is 2.76. The van der Waals surface area contributed by atoms with Crippen LogP contribution in [0.5, 0.6) is 0 Å². The van der Waals surface area contributed by atoms with Gasteiger partial charge in [0.05, 0.1) is 11.7 Å². The fourth-order valence-corrected chi connectivity index (χ4v) is 4.31. The Labute approximate surface area is 179 Å². The van der Waals surface area contributed by atoms with Crippen LogP contribution in [0.1, 0.15) is 55.6 Å². The lowest BCUT2D eigenvalue weighted by Gasteiger charge is -2.29. The fraction of sp³-hybridized carbons (Fsp3) is 0.545. The smallest absolute Gasteiger partial charge is 0.393 e. The minimum Gasteiger partial charge on any atom is -0.393 e. The van der Waals surface area contributed by atoms with Crippen LogP contribution in [0.15, 0.2) is 30.5 Å². The Bertz CT molecular complexity index is 878. The maximum atomic E-state index is 13.0. The molecule has 1 saturated carbocycles. The van der Waals surface area contributed by atoms with Crippen LogP contribution in [0.2, 0.25) is 0 Å². The highest BCUT2D eigenvalue weighted by atomic mass is 19.4. The van der Waals surface area contributed by atoms with E-state index in [-0.39, 0.29) is 23.8 Å². The number of aromatic nitrogens is 2. The van der Waals surface area contributed by atoms with Crippen molar-refractivity contribution in [1.29, 1.82) is 0 Å². The monoisotopic (exact) mass is 435 g/mol. The second-order valence-electron chi connectivity index (χ2n) is 8.38. The molecule has 1 aliphatic heterocycles. The summed E-state index contributed by atoms with van der Waals surface area (Å²) in [6, 6.07) is 5.23. The highest BCUT2D eigenvalue weighted by molar-refractivity contribution is 5.58. The zero-order chi connectivity index (χ0) is 21.8. The molecule has 31 heavy (non-hydrogen) atoms. The van der Waals surface area contributed by atoms with Gasteiger partial charge in [-0.3, -0.25) is 0 Å². The number of hydrogen-bond acceptors (Lipinski definition) is 6. The molecule has 0 unspecified atom stereocenters. The number of piperidine rings is 1. The summed E-state index contributed by atoms with van der Waals surface area (Å²) in [5.41, 5.74) is 0.612. The number of aliphatic hydroxyl groups is 1. The van der Waals surface area contributed by atoms with Crippen molar-refractivity contribution in [3.63, 3.8) is 0 Å². The normalized spacial score (nSPS) is 22.8. The van der Waals surface area contributed by atoms with Crippen molar-refractivity contribution in [1.82, 2.24) is 15.3 Å². The van der Waals surface area contributed by atoms with E-state index in [1.165, 1.54) is 6.07 Å². The van der Waals surface area contributed by atoms with Crippen molar-refractivity contribution in [3.8, 4) is 0 Å². The van der Waals surface area contributed by atoms with Crippen molar-refractivity contribution < 1.29 is 18.3 Å². The Kier molecular flexibility index (Phi) is 6.62. The number of aliphatic hydroxyl groups excluding tert-OH is 1. The highest BCUT2D eigenvalue weighted by Crippen LogP contribution is 2.34. The number of alkyl halides is 3. The minimum atomic E-state index is -4.41. The zero-order valence-electron chi connectivity index (χ0n) is 17.3. The van der Waals surface area contributed by atoms with Crippen molar-refractivity contribution in [2.75, 3.05) is 23.7 Å². The molecule has 1 aromatic carbocycles. The molecular weight excluding hydrogens is 407 g/mol. The van der Waals surface area contributed by atoms with Gasteiger partial charge in [-0.2, -0.15) is 18.2 Å². The summed E-state index contributed by atoms with van der Waals surface area (Å²) < 4.78 is 39.1. The summed E-state index contributed by atoms with van der Waals surface area (Å²) in [5, 5.41) is 19.6. The zero-order valence-corrected chi connectivity index (χ0v) is 17.3. The molecule has 2 aromatic rings. The number of anilines is 3. The van der Waals surface area contributed by atoms with Gasteiger partial charge in [-0.15, -0.1) is 0 Å². The Morgan fingerprint density at radius 3 is 2.48 bits per heavy atom. The van der Waals surface area contributed by atoms with Crippen LogP contribution in [0.3, 0.4) is 0 Å². The summed E-state index contributed by atoms with van der Waals surface area (Å²) in [7, 11) is 0. The van der Waals surface area contributed by atoms with Gasteiger partial charge in [0.1, 0.15) is 5.82 Å². The second kappa shape index (κ2) is 9.40. The van der Waals surface area contributed by atoms with Crippen LogP contribution in [0, 0.1) is 0 Å². The summed E-state index contributed by atoms with van der Waals surface area (Å²) in [6.45, 7) is 1.87. The Morgan fingerprint density at radius 1 is 1.03 bits per heavy atom. The van der Waals surface area contributed by atoms with E-state index in [0.717, 1.165) is 75.1 Å². The van der Waals surface area contributed by atoms with E-state index in [9.17, 15) is 18.3 Å². The maximum absolute atomic E-state index is 13.0. The lowest BCUT2D eigenvalue weighted by Crippen LogP contribution is -2.30.